The number of hydrogen-bond donors (Lipinski definition) is 2. The van der Waals surface area contributed by atoms with Crippen LogP contribution in [0.1, 0.15) is 20.7 Å². The van der Waals surface area contributed by atoms with Gasteiger partial charge < -0.3 is 15.1 Å². The molecule has 20 heavy (non-hydrogen) atoms. The fourth-order valence-corrected chi connectivity index (χ4v) is 1.80. The number of anilines is 1. The smallest absolute Gasteiger partial charge is 0.335 e. The molecule has 102 valence electrons. The highest BCUT2D eigenvalue weighted by atomic mass is 16.4. The summed E-state index contributed by atoms with van der Waals surface area (Å²) in [4.78, 5) is 24.5. The summed E-state index contributed by atoms with van der Waals surface area (Å²) in [5, 5.41) is 18.3. The second kappa shape index (κ2) is 5.44. The van der Waals surface area contributed by atoms with E-state index in [4.69, 9.17) is 5.11 Å². The van der Waals surface area contributed by atoms with Crippen molar-refractivity contribution >= 4 is 17.6 Å². The Morgan fingerprint density at radius 3 is 2.30 bits per heavy atom. The van der Waals surface area contributed by atoms with Gasteiger partial charge in [0.1, 0.15) is 5.75 Å². The molecule has 1 amide bonds. The minimum Gasteiger partial charge on any atom is -0.508 e. The zero-order chi connectivity index (χ0) is 14.7. The van der Waals surface area contributed by atoms with Crippen molar-refractivity contribution in [1.29, 1.82) is 0 Å². The lowest BCUT2D eigenvalue weighted by Gasteiger charge is -2.17. The highest BCUT2D eigenvalue weighted by Gasteiger charge is 2.15. The van der Waals surface area contributed by atoms with Crippen LogP contribution in [0.15, 0.2) is 48.5 Å². The molecule has 0 heterocycles. The summed E-state index contributed by atoms with van der Waals surface area (Å²) >= 11 is 0. The van der Waals surface area contributed by atoms with Crippen LogP contribution in [0.2, 0.25) is 0 Å². The van der Waals surface area contributed by atoms with E-state index in [1.807, 2.05) is 0 Å². The average molecular weight is 271 g/mol. The zero-order valence-corrected chi connectivity index (χ0v) is 10.8. The summed E-state index contributed by atoms with van der Waals surface area (Å²) in [6.45, 7) is 0. The molecule has 0 radical (unpaired) electrons. The third-order valence-electron chi connectivity index (χ3n) is 2.88. The fraction of sp³-hybridized carbons (Fsp3) is 0.0667. The number of rotatable bonds is 3. The number of nitrogens with zero attached hydrogens (tertiary/aromatic N) is 1. The Morgan fingerprint density at radius 1 is 1.00 bits per heavy atom. The maximum atomic E-state index is 12.3. The molecule has 0 unspecified atom stereocenters. The van der Waals surface area contributed by atoms with Crippen LogP contribution in [0, 0.1) is 0 Å². The van der Waals surface area contributed by atoms with Crippen LogP contribution in [0.4, 0.5) is 5.69 Å². The SMILES string of the molecule is CN(C(=O)c1cccc(C(=O)O)c1)c1cccc(O)c1. The van der Waals surface area contributed by atoms with Gasteiger partial charge in [0.05, 0.1) is 5.56 Å². The van der Waals surface area contributed by atoms with Gasteiger partial charge in [0, 0.05) is 24.4 Å². The normalized spacial score (nSPS) is 10.1. The van der Waals surface area contributed by atoms with Gasteiger partial charge in [-0.15, -0.1) is 0 Å². The standard InChI is InChI=1S/C15H13NO4/c1-16(12-6-3-7-13(17)9-12)14(18)10-4-2-5-11(8-10)15(19)20/h2-9,17H,1H3,(H,19,20). The van der Waals surface area contributed by atoms with Crippen molar-refractivity contribution in [3.05, 3.63) is 59.7 Å². The van der Waals surface area contributed by atoms with E-state index in [1.165, 1.54) is 35.2 Å². The van der Waals surface area contributed by atoms with Crippen LogP contribution in [0.5, 0.6) is 5.75 Å². The first kappa shape index (κ1) is 13.6. The number of hydrogen-bond acceptors (Lipinski definition) is 3. The van der Waals surface area contributed by atoms with Crippen LogP contribution < -0.4 is 4.90 Å². The summed E-state index contributed by atoms with van der Waals surface area (Å²) in [6, 6.07) is 12.1. The molecular formula is C15H13NO4. The van der Waals surface area contributed by atoms with Crippen molar-refractivity contribution in [3.8, 4) is 5.75 Å². The van der Waals surface area contributed by atoms with Gasteiger partial charge in [-0.05, 0) is 30.3 Å². The molecule has 0 saturated heterocycles. The third-order valence-corrected chi connectivity index (χ3v) is 2.88. The quantitative estimate of drug-likeness (QED) is 0.898. The predicted molar refractivity (Wildman–Crippen MR) is 74.2 cm³/mol. The number of carbonyl (C=O) groups excluding carboxylic acids is 1. The minimum absolute atomic E-state index is 0.0557. The third kappa shape index (κ3) is 2.77. The van der Waals surface area contributed by atoms with Gasteiger partial charge in [-0.2, -0.15) is 0 Å². The van der Waals surface area contributed by atoms with Gasteiger partial charge in [0.25, 0.3) is 5.91 Å². The average Bonchev–Trinajstić information content (AvgIpc) is 2.45. The van der Waals surface area contributed by atoms with E-state index < -0.39 is 5.97 Å². The number of benzene rings is 2. The van der Waals surface area contributed by atoms with E-state index in [1.54, 1.807) is 25.2 Å². The van der Waals surface area contributed by atoms with E-state index in [0.29, 0.717) is 5.69 Å². The molecule has 0 bridgehead atoms. The molecular weight excluding hydrogens is 258 g/mol. The predicted octanol–water partition coefficient (Wildman–Crippen LogP) is 2.37. The topological polar surface area (TPSA) is 77.8 Å². The van der Waals surface area contributed by atoms with Gasteiger partial charge >= 0.3 is 5.97 Å². The molecule has 0 atom stereocenters. The van der Waals surface area contributed by atoms with Crippen molar-refractivity contribution in [2.45, 2.75) is 0 Å². The maximum absolute atomic E-state index is 12.3. The van der Waals surface area contributed by atoms with Crippen molar-refractivity contribution in [2.75, 3.05) is 11.9 Å². The van der Waals surface area contributed by atoms with Crippen LogP contribution in [-0.4, -0.2) is 29.1 Å². The number of aromatic carboxylic acids is 1. The molecule has 0 aromatic heterocycles. The van der Waals surface area contributed by atoms with E-state index in [2.05, 4.69) is 0 Å². The molecule has 0 aliphatic rings. The first-order valence-electron chi connectivity index (χ1n) is 5.89. The van der Waals surface area contributed by atoms with E-state index in [-0.39, 0.29) is 22.8 Å². The van der Waals surface area contributed by atoms with Crippen LogP contribution in [0.25, 0.3) is 0 Å². The number of carboxylic acids is 1. The lowest BCUT2D eigenvalue weighted by Crippen LogP contribution is -2.26. The first-order valence-corrected chi connectivity index (χ1v) is 5.89. The van der Waals surface area contributed by atoms with Crippen LogP contribution in [-0.2, 0) is 0 Å². The fourth-order valence-electron chi connectivity index (χ4n) is 1.80. The molecule has 5 heteroatoms. The Labute approximate surface area is 115 Å². The maximum Gasteiger partial charge on any atom is 0.335 e. The molecule has 0 saturated carbocycles. The Hall–Kier alpha value is -2.82. The van der Waals surface area contributed by atoms with E-state index >= 15 is 0 Å². The van der Waals surface area contributed by atoms with E-state index in [9.17, 15) is 14.7 Å². The van der Waals surface area contributed by atoms with Crippen molar-refractivity contribution in [3.63, 3.8) is 0 Å². The molecule has 0 aliphatic carbocycles. The largest absolute Gasteiger partial charge is 0.508 e. The summed E-state index contributed by atoms with van der Waals surface area (Å²) in [6.07, 6.45) is 0. The zero-order valence-electron chi connectivity index (χ0n) is 10.8. The van der Waals surface area contributed by atoms with Gasteiger partial charge in [-0.25, -0.2) is 4.79 Å². The number of carbonyl (C=O) groups is 2. The molecule has 2 aromatic rings. The lowest BCUT2D eigenvalue weighted by atomic mass is 10.1. The monoisotopic (exact) mass is 271 g/mol. The Bertz CT molecular complexity index is 666. The molecule has 5 nitrogen and oxygen atoms in total. The first-order chi connectivity index (χ1) is 9.49. The number of phenols is 1. The highest BCUT2D eigenvalue weighted by Crippen LogP contribution is 2.20. The molecule has 0 spiro atoms. The molecule has 2 aromatic carbocycles. The minimum atomic E-state index is -1.08. The summed E-state index contributed by atoms with van der Waals surface area (Å²) < 4.78 is 0. The summed E-state index contributed by atoms with van der Waals surface area (Å²) in [7, 11) is 1.56. The number of amides is 1. The Balaban J connectivity index is 2.31. The van der Waals surface area contributed by atoms with Gasteiger partial charge in [-0.1, -0.05) is 12.1 Å². The molecule has 0 fully saturated rings. The second-order valence-electron chi connectivity index (χ2n) is 4.27. The van der Waals surface area contributed by atoms with Crippen LogP contribution >= 0.6 is 0 Å². The second-order valence-corrected chi connectivity index (χ2v) is 4.27. The number of aromatic hydroxyl groups is 1. The van der Waals surface area contributed by atoms with Crippen molar-refractivity contribution in [2.24, 2.45) is 0 Å². The van der Waals surface area contributed by atoms with Gasteiger partial charge in [0.15, 0.2) is 0 Å². The summed E-state index contributed by atoms with van der Waals surface area (Å²) in [5.74, 6) is -1.38. The Kier molecular flexibility index (Phi) is 3.70. The molecule has 2 rings (SSSR count). The van der Waals surface area contributed by atoms with Gasteiger partial charge in [0.2, 0.25) is 0 Å². The van der Waals surface area contributed by atoms with Crippen molar-refractivity contribution in [1.82, 2.24) is 0 Å². The molecule has 2 N–H and O–H groups in total. The van der Waals surface area contributed by atoms with Crippen molar-refractivity contribution < 1.29 is 19.8 Å². The lowest BCUT2D eigenvalue weighted by molar-refractivity contribution is 0.0697. The van der Waals surface area contributed by atoms with Gasteiger partial charge in [-0.3, -0.25) is 4.79 Å². The van der Waals surface area contributed by atoms with Crippen LogP contribution in [0.3, 0.4) is 0 Å². The number of carboxylic acid groups (broad SMARTS) is 1. The van der Waals surface area contributed by atoms with E-state index in [0.717, 1.165) is 0 Å². The Morgan fingerprint density at radius 2 is 1.65 bits per heavy atom. The summed E-state index contributed by atoms with van der Waals surface area (Å²) in [5.41, 5.74) is 0.853. The molecule has 0 aliphatic heterocycles. The highest BCUT2D eigenvalue weighted by molar-refractivity contribution is 6.06. The number of phenolic OH excluding ortho intramolecular Hbond substituents is 1.